The molecule has 0 unspecified atom stereocenters. The lowest BCUT2D eigenvalue weighted by molar-refractivity contribution is 0.628. The molecule has 0 aliphatic rings. The van der Waals surface area contributed by atoms with Crippen LogP contribution in [0.15, 0.2) is 23.2 Å². The highest BCUT2D eigenvalue weighted by atomic mass is 35.5. The lowest BCUT2D eigenvalue weighted by atomic mass is 10.3. The molecule has 0 spiro atoms. The van der Waals surface area contributed by atoms with Gasteiger partial charge < -0.3 is 0 Å². The zero-order valence-electron chi connectivity index (χ0n) is 5.14. The first kappa shape index (κ1) is 7.22. The standard InChI is InChI=1S/C7H5ClFN/c1-10-5-2-3-7(9)6(8)4-5/h2-4H,1H2. The number of rotatable bonds is 1. The average Bonchev–Trinajstić information content (AvgIpc) is 1.95. The number of hydrogen-bond acceptors (Lipinski definition) is 1. The monoisotopic (exact) mass is 157 g/mol. The Balaban J connectivity index is 3.16. The molecule has 0 fully saturated rings. The quantitative estimate of drug-likeness (QED) is 0.556. The summed E-state index contributed by atoms with van der Waals surface area (Å²) in [6, 6.07) is 4.18. The molecule has 52 valence electrons. The van der Waals surface area contributed by atoms with Crippen molar-refractivity contribution in [2.24, 2.45) is 4.99 Å². The van der Waals surface area contributed by atoms with Gasteiger partial charge in [0.1, 0.15) is 5.82 Å². The maximum atomic E-state index is 12.4. The molecule has 10 heavy (non-hydrogen) atoms. The number of hydrogen-bond donors (Lipinski definition) is 0. The summed E-state index contributed by atoms with van der Waals surface area (Å²) in [5.74, 6) is -0.436. The highest BCUT2D eigenvalue weighted by Gasteiger charge is 1.97. The molecule has 0 bridgehead atoms. The van der Waals surface area contributed by atoms with Crippen molar-refractivity contribution >= 4 is 24.0 Å². The first-order chi connectivity index (χ1) is 4.74. The van der Waals surface area contributed by atoms with Crippen LogP contribution in [0.25, 0.3) is 0 Å². The van der Waals surface area contributed by atoms with Gasteiger partial charge in [-0.15, -0.1) is 0 Å². The lowest BCUT2D eigenvalue weighted by Crippen LogP contribution is -1.73. The Morgan fingerprint density at radius 1 is 1.50 bits per heavy atom. The molecule has 0 aliphatic carbocycles. The Hall–Kier alpha value is -0.890. The van der Waals surface area contributed by atoms with Crippen LogP contribution in [-0.4, -0.2) is 6.72 Å². The molecule has 1 rings (SSSR count). The second kappa shape index (κ2) is 2.80. The predicted molar refractivity (Wildman–Crippen MR) is 40.6 cm³/mol. The Labute approximate surface area is 63.2 Å². The van der Waals surface area contributed by atoms with Gasteiger partial charge in [-0.1, -0.05) is 11.6 Å². The smallest absolute Gasteiger partial charge is 0.141 e. The third-order valence-corrected chi connectivity index (χ3v) is 1.38. The zero-order valence-corrected chi connectivity index (χ0v) is 5.90. The topological polar surface area (TPSA) is 12.4 Å². The largest absolute Gasteiger partial charge is 0.265 e. The number of benzene rings is 1. The SMILES string of the molecule is C=Nc1ccc(F)c(Cl)c1. The van der Waals surface area contributed by atoms with Gasteiger partial charge in [-0.25, -0.2) is 4.39 Å². The molecule has 0 aromatic heterocycles. The maximum Gasteiger partial charge on any atom is 0.141 e. The third kappa shape index (κ3) is 1.33. The van der Waals surface area contributed by atoms with E-state index in [0.29, 0.717) is 5.69 Å². The second-order valence-corrected chi connectivity index (χ2v) is 2.16. The highest BCUT2D eigenvalue weighted by molar-refractivity contribution is 6.31. The summed E-state index contributed by atoms with van der Waals surface area (Å²) >= 11 is 5.43. The van der Waals surface area contributed by atoms with Crippen LogP contribution in [0.4, 0.5) is 10.1 Å². The van der Waals surface area contributed by atoms with E-state index in [-0.39, 0.29) is 5.02 Å². The van der Waals surface area contributed by atoms with Crippen molar-refractivity contribution in [3.05, 3.63) is 29.0 Å². The Bertz CT molecular complexity index is 260. The molecular formula is C7H5ClFN. The summed E-state index contributed by atoms with van der Waals surface area (Å²) in [7, 11) is 0. The van der Waals surface area contributed by atoms with Gasteiger partial charge in [0, 0.05) is 0 Å². The number of halogens is 2. The Morgan fingerprint density at radius 3 is 2.70 bits per heavy atom. The molecule has 0 amide bonds. The van der Waals surface area contributed by atoms with E-state index in [0.717, 1.165) is 0 Å². The van der Waals surface area contributed by atoms with E-state index in [1.807, 2.05) is 0 Å². The van der Waals surface area contributed by atoms with Gasteiger partial charge in [0.05, 0.1) is 10.7 Å². The van der Waals surface area contributed by atoms with Crippen molar-refractivity contribution in [2.45, 2.75) is 0 Å². The summed E-state index contributed by atoms with van der Waals surface area (Å²) in [6.45, 7) is 3.27. The summed E-state index contributed by atoms with van der Waals surface area (Å²) < 4.78 is 12.4. The van der Waals surface area contributed by atoms with Crippen LogP contribution in [0.3, 0.4) is 0 Å². The molecule has 1 aromatic carbocycles. The first-order valence-electron chi connectivity index (χ1n) is 2.66. The summed E-state index contributed by atoms with van der Waals surface area (Å²) in [5.41, 5.74) is 0.575. The van der Waals surface area contributed by atoms with Crippen LogP contribution in [0.1, 0.15) is 0 Å². The van der Waals surface area contributed by atoms with Crippen LogP contribution in [-0.2, 0) is 0 Å². The fourth-order valence-electron chi connectivity index (χ4n) is 0.583. The molecule has 0 heterocycles. The fraction of sp³-hybridized carbons (Fsp3) is 0. The van der Waals surface area contributed by atoms with Gasteiger partial charge in [0.25, 0.3) is 0 Å². The van der Waals surface area contributed by atoms with E-state index in [1.54, 1.807) is 0 Å². The van der Waals surface area contributed by atoms with E-state index in [4.69, 9.17) is 11.6 Å². The molecule has 1 nitrogen and oxygen atoms in total. The molecule has 0 aliphatic heterocycles. The molecule has 0 radical (unpaired) electrons. The van der Waals surface area contributed by atoms with Crippen molar-refractivity contribution in [1.29, 1.82) is 0 Å². The molecule has 0 atom stereocenters. The second-order valence-electron chi connectivity index (χ2n) is 1.76. The molecule has 1 aromatic rings. The van der Waals surface area contributed by atoms with Crippen molar-refractivity contribution in [2.75, 3.05) is 0 Å². The Morgan fingerprint density at radius 2 is 2.20 bits per heavy atom. The van der Waals surface area contributed by atoms with Gasteiger partial charge in [-0.2, -0.15) is 0 Å². The lowest BCUT2D eigenvalue weighted by Gasteiger charge is -1.93. The van der Waals surface area contributed by atoms with E-state index >= 15 is 0 Å². The minimum Gasteiger partial charge on any atom is -0.265 e. The van der Waals surface area contributed by atoms with Gasteiger partial charge in [-0.3, -0.25) is 4.99 Å². The van der Waals surface area contributed by atoms with Crippen LogP contribution in [0.2, 0.25) is 5.02 Å². The highest BCUT2D eigenvalue weighted by Crippen LogP contribution is 2.20. The molecular weight excluding hydrogens is 153 g/mol. The molecule has 0 N–H and O–H groups in total. The first-order valence-corrected chi connectivity index (χ1v) is 3.03. The average molecular weight is 158 g/mol. The van der Waals surface area contributed by atoms with Crippen LogP contribution < -0.4 is 0 Å². The normalized spacial score (nSPS) is 9.40. The van der Waals surface area contributed by atoms with Gasteiger partial charge in [0.15, 0.2) is 0 Å². The summed E-state index contributed by atoms with van der Waals surface area (Å²) in [5, 5.41) is 0.0740. The van der Waals surface area contributed by atoms with E-state index in [1.165, 1.54) is 18.2 Å². The van der Waals surface area contributed by atoms with E-state index in [9.17, 15) is 4.39 Å². The van der Waals surface area contributed by atoms with Crippen molar-refractivity contribution < 1.29 is 4.39 Å². The van der Waals surface area contributed by atoms with Crippen molar-refractivity contribution in [3.63, 3.8) is 0 Å². The minimum atomic E-state index is -0.436. The van der Waals surface area contributed by atoms with Crippen LogP contribution >= 0.6 is 11.6 Å². The minimum absolute atomic E-state index is 0.0740. The third-order valence-electron chi connectivity index (χ3n) is 1.09. The van der Waals surface area contributed by atoms with Gasteiger partial charge in [0.2, 0.25) is 0 Å². The van der Waals surface area contributed by atoms with Crippen molar-refractivity contribution in [1.82, 2.24) is 0 Å². The maximum absolute atomic E-state index is 12.4. The predicted octanol–water partition coefficient (Wildman–Crippen LogP) is 2.81. The summed E-state index contributed by atoms with van der Waals surface area (Å²) in [4.78, 5) is 3.57. The van der Waals surface area contributed by atoms with Crippen LogP contribution in [0.5, 0.6) is 0 Å². The van der Waals surface area contributed by atoms with Gasteiger partial charge >= 0.3 is 0 Å². The summed E-state index contributed by atoms with van der Waals surface area (Å²) in [6.07, 6.45) is 0. The van der Waals surface area contributed by atoms with Crippen molar-refractivity contribution in [3.8, 4) is 0 Å². The molecule has 3 heteroatoms. The Kier molecular flexibility index (Phi) is 2.02. The van der Waals surface area contributed by atoms with E-state index in [2.05, 4.69) is 11.7 Å². The van der Waals surface area contributed by atoms with Gasteiger partial charge in [-0.05, 0) is 24.9 Å². The fourth-order valence-corrected chi connectivity index (χ4v) is 0.758. The number of aliphatic imine (C=N–C) groups is 1. The zero-order chi connectivity index (χ0) is 7.56. The van der Waals surface area contributed by atoms with E-state index < -0.39 is 5.82 Å². The molecule has 0 saturated carbocycles. The molecule has 0 saturated heterocycles. The number of nitrogens with zero attached hydrogens (tertiary/aromatic N) is 1. The van der Waals surface area contributed by atoms with Crippen LogP contribution in [0, 0.1) is 5.82 Å².